The first-order valence-corrected chi connectivity index (χ1v) is 9.22. The molecule has 1 aromatic carbocycles. The Hall–Kier alpha value is -2.76. The molecule has 2 amide bonds. The van der Waals surface area contributed by atoms with Crippen molar-refractivity contribution in [2.24, 2.45) is 7.05 Å². The molecule has 0 atom stereocenters. The summed E-state index contributed by atoms with van der Waals surface area (Å²) in [5.41, 5.74) is 3.58. The highest BCUT2D eigenvalue weighted by molar-refractivity contribution is 5.96. The van der Waals surface area contributed by atoms with Gasteiger partial charge < -0.3 is 19.1 Å². The fraction of sp³-hybridized carbons (Fsp3) is 0.429. The minimum atomic E-state index is 0.0217. The second kappa shape index (κ2) is 7.86. The van der Waals surface area contributed by atoms with Crippen molar-refractivity contribution in [1.29, 1.82) is 0 Å². The van der Waals surface area contributed by atoms with E-state index >= 15 is 0 Å². The fourth-order valence-corrected chi connectivity index (χ4v) is 3.52. The molecule has 27 heavy (non-hydrogen) atoms. The summed E-state index contributed by atoms with van der Waals surface area (Å²) in [7, 11) is 3.58. The lowest BCUT2D eigenvalue weighted by molar-refractivity contribution is -0.131. The summed E-state index contributed by atoms with van der Waals surface area (Å²) < 4.78 is 7.27. The van der Waals surface area contributed by atoms with E-state index in [1.165, 1.54) is 0 Å². The minimum Gasteiger partial charge on any atom is -0.496 e. The van der Waals surface area contributed by atoms with Gasteiger partial charge >= 0.3 is 0 Å². The van der Waals surface area contributed by atoms with Crippen LogP contribution < -0.4 is 4.74 Å². The molecule has 0 saturated carbocycles. The summed E-state index contributed by atoms with van der Waals surface area (Å²) in [5.74, 6) is 0.929. The number of aryl methyl sites for hydroxylation is 3. The number of piperazine rings is 1. The third kappa shape index (κ3) is 4.15. The van der Waals surface area contributed by atoms with Gasteiger partial charge in [0.2, 0.25) is 5.91 Å². The highest BCUT2D eigenvalue weighted by Gasteiger charge is 2.26. The van der Waals surface area contributed by atoms with Gasteiger partial charge in [-0.2, -0.15) is 0 Å². The molecule has 1 aromatic heterocycles. The molecule has 1 saturated heterocycles. The highest BCUT2D eigenvalue weighted by atomic mass is 16.5. The lowest BCUT2D eigenvalue weighted by Crippen LogP contribution is -2.51. The summed E-state index contributed by atoms with van der Waals surface area (Å²) in [6.07, 6.45) is 4.32. The van der Waals surface area contributed by atoms with Crippen LogP contribution in [0.25, 0.3) is 0 Å². The van der Waals surface area contributed by atoms with Crippen molar-refractivity contribution in [1.82, 2.24) is 14.4 Å². The number of carbonyl (C=O) groups is 2. The molecule has 3 rings (SSSR count). The van der Waals surface area contributed by atoms with Gasteiger partial charge in [-0.15, -0.1) is 0 Å². The van der Waals surface area contributed by atoms with E-state index in [0.29, 0.717) is 38.2 Å². The van der Waals surface area contributed by atoms with Gasteiger partial charge in [-0.3, -0.25) is 9.59 Å². The monoisotopic (exact) mass is 369 g/mol. The summed E-state index contributed by atoms with van der Waals surface area (Å²) in [6, 6.07) is 5.76. The van der Waals surface area contributed by atoms with E-state index in [9.17, 15) is 9.59 Å². The largest absolute Gasteiger partial charge is 0.496 e. The number of nitrogens with zero attached hydrogens (tertiary/aromatic N) is 3. The molecule has 1 fully saturated rings. The predicted molar refractivity (Wildman–Crippen MR) is 104 cm³/mol. The number of hydrogen-bond donors (Lipinski definition) is 0. The Morgan fingerprint density at radius 2 is 1.70 bits per heavy atom. The van der Waals surface area contributed by atoms with E-state index in [1.54, 1.807) is 7.11 Å². The Labute approximate surface area is 160 Å². The van der Waals surface area contributed by atoms with Gasteiger partial charge in [0.05, 0.1) is 13.5 Å². The normalized spacial score (nSPS) is 14.4. The Bertz CT molecular complexity index is 848. The lowest BCUT2D eigenvalue weighted by Gasteiger charge is -2.35. The Kier molecular flexibility index (Phi) is 5.54. The van der Waals surface area contributed by atoms with E-state index < -0.39 is 0 Å². The number of rotatable bonds is 4. The molecular weight excluding hydrogens is 342 g/mol. The molecule has 2 heterocycles. The van der Waals surface area contributed by atoms with Crippen molar-refractivity contribution in [3.63, 3.8) is 0 Å². The molecule has 2 aromatic rings. The number of aromatic nitrogens is 1. The Balaban J connectivity index is 1.61. The molecule has 1 aliphatic rings. The van der Waals surface area contributed by atoms with Gasteiger partial charge in [-0.25, -0.2) is 0 Å². The van der Waals surface area contributed by atoms with Crippen molar-refractivity contribution >= 4 is 11.8 Å². The van der Waals surface area contributed by atoms with Gasteiger partial charge in [0.25, 0.3) is 5.91 Å². The predicted octanol–water partition coefficient (Wildman–Crippen LogP) is 2.18. The van der Waals surface area contributed by atoms with Gasteiger partial charge in [0, 0.05) is 51.2 Å². The molecule has 0 radical (unpaired) electrons. The van der Waals surface area contributed by atoms with Crippen LogP contribution in [0.1, 0.15) is 27.0 Å². The van der Waals surface area contributed by atoms with Crippen LogP contribution in [0.3, 0.4) is 0 Å². The molecule has 6 nitrogen and oxygen atoms in total. The van der Waals surface area contributed by atoms with Crippen molar-refractivity contribution in [2.45, 2.75) is 20.3 Å². The van der Waals surface area contributed by atoms with Crippen LogP contribution in [0.5, 0.6) is 5.75 Å². The second-order valence-electron chi connectivity index (χ2n) is 7.17. The topological polar surface area (TPSA) is 54.8 Å². The first kappa shape index (κ1) is 19.0. The Morgan fingerprint density at radius 1 is 1.04 bits per heavy atom. The number of ether oxygens (including phenoxy) is 1. The summed E-state index contributed by atoms with van der Waals surface area (Å²) in [5, 5.41) is 0. The number of carbonyl (C=O) groups excluding carboxylic acids is 2. The lowest BCUT2D eigenvalue weighted by atomic mass is 10.0. The van der Waals surface area contributed by atoms with Crippen LogP contribution in [0.4, 0.5) is 0 Å². The van der Waals surface area contributed by atoms with Gasteiger partial charge in [-0.1, -0.05) is 0 Å². The average Bonchev–Trinajstić information content (AvgIpc) is 3.07. The molecule has 0 aliphatic carbocycles. The van der Waals surface area contributed by atoms with Crippen LogP contribution in [0.15, 0.2) is 30.6 Å². The molecule has 1 aliphatic heterocycles. The molecule has 6 heteroatoms. The van der Waals surface area contributed by atoms with E-state index in [1.807, 2.05) is 65.9 Å². The fourth-order valence-electron chi connectivity index (χ4n) is 3.52. The molecule has 0 unspecified atom stereocenters. The van der Waals surface area contributed by atoms with Crippen LogP contribution in [0, 0.1) is 13.8 Å². The van der Waals surface area contributed by atoms with Gasteiger partial charge in [0.15, 0.2) is 0 Å². The summed E-state index contributed by atoms with van der Waals surface area (Å²) in [6.45, 7) is 6.13. The number of methoxy groups -OCH3 is 1. The van der Waals surface area contributed by atoms with Crippen molar-refractivity contribution in [3.05, 3.63) is 52.8 Å². The highest BCUT2D eigenvalue weighted by Crippen LogP contribution is 2.24. The second-order valence-corrected chi connectivity index (χ2v) is 7.17. The first-order valence-electron chi connectivity index (χ1n) is 9.22. The molecule has 0 bridgehead atoms. The van der Waals surface area contributed by atoms with Crippen LogP contribution in [-0.2, 0) is 18.3 Å². The smallest absolute Gasteiger partial charge is 0.254 e. The SMILES string of the molecule is COc1cc(C)c(C(=O)N2CCN(C(=O)Cc3ccn(C)c3)CC2)cc1C. The third-order valence-electron chi connectivity index (χ3n) is 5.14. The summed E-state index contributed by atoms with van der Waals surface area (Å²) >= 11 is 0. The molecule has 0 spiro atoms. The number of benzene rings is 1. The maximum absolute atomic E-state index is 12.9. The van der Waals surface area contributed by atoms with E-state index in [4.69, 9.17) is 4.74 Å². The molecule has 0 N–H and O–H groups in total. The zero-order valence-electron chi connectivity index (χ0n) is 16.5. The van der Waals surface area contributed by atoms with Crippen molar-refractivity contribution in [3.8, 4) is 5.75 Å². The molecular formula is C21H27N3O3. The number of amides is 2. The standard InChI is InChI=1S/C21H27N3O3/c1-15-12-19(27-4)16(2)11-18(15)21(26)24-9-7-23(8-10-24)20(25)13-17-5-6-22(3)14-17/h5-6,11-12,14H,7-10,13H2,1-4H3. The average molecular weight is 369 g/mol. The minimum absolute atomic E-state index is 0.0217. The van der Waals surface area contributed by atoms with Crippen molar-refractivity contribution < 1.29 is 14.3 Å². The van der Waals surface area contributed by atoms with E-state index in [-0.39, 0.29) is 11.8 Å². The zero-order valence-corrected chi connectivity index (χ0v) is 16.5. The van der Waals surface area contributed by atoms with Crippen LogP contribution >= 0.6 is 0 Å². The summed E-state index contributed by atoms with van der Waals surface area (Å²) in [4.78, 5) is 29.1. The maximum atomic E-state index is 12.9. The van der Waals surface area contributed by atoms with Crippen LogP contribution in [0.2, 0.25) is 0 Å². The maximum Gasteiger partial charge on any atom is 0.254 e. The first-order chi connectivity index (χ1) is 12.9. The number of hydrogen-bond acceptors (Lipinski definition) is 3. The third-order valence-corrected chi connectivity index (χ3v) is 5.14. The van der Waals surface area contributed by atoms with Gasteiger partial charge in [0.1, 0.15) is 5.75 Å². The van der Waals surface area contributed by atoms with Crippen LogP contribution in [-0.4, -0.2) is 59.5 Å². The van der Waals surface area contributed by atoms with E-state index in [0.717, 1.165) is 22.4 Å². The Morgan fingerprint density at radius 3 is 2.30 bits per heavy atom. The zero-order chi connectivity index (χ0) is 19.6. The van der Waals surface area contributed by atoms with Gasteiger partial charge in [-0.05, 0) is 48.7 Å². The molecule has 144 valence electrons. The quantitative estimate of drug-likeness (QED) is 0.830. The van der Waals surface area contributed by atoms with E-state index in [2.05, 4.69) is 0 Å². The van der Waals surface area contributed by atoms with Crippen molar-refractivity contribution in [2.75, 3.05) is 33.3 Å².